The van der Waals surface area contributed by atoms with Gasteiger partial charge in [-0.2, -0.15) is 0 Å². The van der Waals surface area contributed by atoms with Gasteiger partial charge in [-0.05, 0) is 44.2 Å². The average Bonchev–Trinajstić information content (AvgIpc) is 2.88. The molecule has 0 radical (unpaired) electrons. The molecule has 2 aromatic rings. The van der Waals surface area contributed by atoms with Crippen LogP contribution in [-0.2, 0) is 0 Å². The molecule has 1 aromatic carbocycles. The lowest BCUT2D eigenvalue weighted by molar-refractivity contribution is -0.402. The molecule has 0 atom stereocenters. The zero-order valence-electron chi connectivity index (χ0n) is 11.0. The van der Waals surface area contributed by atoms with Gasteiger partial charge in [-0.15, -0.1) is 0 Å². The molecule has 0 aliphatic heterocycles. The molecular formula is C14H13NO5. The van der Waals surface area contributed by atoms with Gasteiger partial charge in [0.2, 0.25) is 5.78 Å². The fourth-order valence-electron chi connectivity index (χ4n) is 1.65. The first-order valence-electron chi connectivity index (χ1n) is 6.03. The molecule has 0 aliphatic rings. The van der Waals surface area contributed by atoms with Gasteiger partial charge in [0, 0.05) is 5.56 Å². The van der Waals surface area contributed by atoms with E-state index in [0.29, 0.717) is 11.3 Å². The van der Waals surface area contributed by atoms with Crippen molar-refractivity contribution in [3.63, 3.8) is 0 Å². The topological polar surface area (TPSA) is 82.6 Å². The molecule has 0 fully saturated rings. The summed E-state index contributed by atoms with van der Waals surface area (Å²) in [6, 6.07) is 8.97. The third-order valence-corrected chi connectivity index (χ3v) is 2.48. The highest BCUT2D eigenvalue weighted by atomic mass is 16.6. The summed E-state index contributed by atoms with van der Waals surface area (Å²) in [6.07, 6.45) is 0.0456. The minimum Gasteiger partial charge on any atom is -0.491 e. The maximum atomic E-state index is 12.1. The van der Waals surface area contributed by atoms with Crippen LogP contribution < -0.4 is 4.74 Å². The smallest absolute Gasteiger partial charge is 0.433 e. The second-order valence-corrected chi connectivity index (χ2v) is 4.42. The average molecular weight is 275 g/mol. The van der Waals surface area contributed by atoms with E-state index < -0.39 is 16.6 Å². The van der Waals surface area contributed by atoms with Crippen LogP contribution in [0.2, 0.25) is 0 Å². The Morgan fingerprint density at radius 3 is 2.35 bits per heavy atom. The standard InChI is InChI=1S/C14H13NO5/c1-9(2)19-11-5-3-10(4-6-11)14(16)12-7-8-13(20-12)15(17)18/h3-9H,1-2H3. The van der Waals surface area contributed by atoms with Crippen molar-refractivity contribution < 1.29 is 18.9 Å². The molecule has 6 nitrogen and oxygen atoms in total. The minimum absolute atomic E-state index is 0.0456. The first kappa shape index (κ1) is 13.8. The fourth-order valence-corrected chi connectivity index (χ4v) is 1.65. The Morgan fingerprint density at radius 2 is 1.85 bits per heavy atom. The van der Waals surface area contributed by atoms with Crippen LogP contribution in [0.15, 0.2) is 40.8 Å². The van der Waals surface area contributed by atoms with E-state index in [9.17, 15) is 14.9 Å². The molecular weight excluding hydrogens is 262 g/mol. The highest BCUT2D eigenvalue weighted by Crippen LogP contribution is 2.20. The second-order valence-electron chi connectivity index (χ2n) is 4.42. The summed E-state index contributed by atoms with van der Waals surface area (Å²) in [6.45, 7) is 3.81. The number of hydrogen-bond acceptors (Lipinski definition) is 5. The predicted octanol–water partition coefficient (Wildman–Crippen LogP) is 3.21. The molecule has 2 rings (SSSR count). The molecule has 0 bridgehead atoms. The van der Waals surface area contributed by atoms with Gasteiger partial charge in [0.1, 0.15) is 10.7 Å². The Morgan fingerprint density at radius 1 is 1.20 bits per heavy atom. The summed E-state index contributed by atoms with van der Waals surface area (Å²) in [5.74, 6) is -0.265. The Hall–Kier alpha value is -2.63. The number of rotatable bonds is 5. The number of ether oxygens (including phenoxy) is 1. The van der Waals surface area contributed by atoms with Crippen molar-refractivity contribution >= 4 is 11.7 Å². The van der Waals surface area contributed by atoms with Crippen LogP contribution in [0.25, 0.3) is 0 Å². The molecule has 1 aromatic heterocycles. The van der Waals surface area contributed by atoms with Gasteiger partial charge in [-0.1, -0.05) is 0 Å². The molecule has 0 amide bonds. The molecule has 0 unspecified atom stereocenters. The summed E-state index contributed by atoms with van der Waals surface area (Å²) in [5, 5.41) is 10.5. The van der Waals surface area contributed by atoms with Crippen LogP contribution in [0, 0.1) is 10.1 Å². The van der Waals surface area contributed by atoms with E-state index in [0.717, 1.165) is 6.07 Å². The van der Waals surface area contributed by atoms with Crippen molar-refractivity contribution in [2.45, 2.75) is 20.0 Å². The van der Waals surface area contributed by atoms with Crippen molar-refractivity contribution in [1.29, 1.82) is 0 Å². The van der Waals surface area contributed by atoms with E-state index in [1.54, 1.807) is 24.3 Å². The monoisotopic (exact) mass is 275 g/mol. The number of furan rings is 1. The third-order valence-electron chi connectivity index (χ3n) is 2.48. The van der Waals surface area contributed by atoms with Gasteiger partial charge in [0.15, 0.2) is 5.76 Å². The van der Waals surface area contributed by atoms with E-state index >= 15 is 0 Å². The van der Waals surface area contributed by atoms with E-state index in [2.05, 4.69) is 0 Å². The number of benzene rings is 1. The Bertz CT molecular complexity index is 627. The lowest BCUT2D eigenvalue weighted by Gasteiger charge is -2.09. The van der Waals surface area contributed by atoms with Crippen molar-refractivity contribution in [2.75, 3.05) is 0 Å². The van der Waals surface area contributed by atoms with Crippen LogP contribution in [0.5, 0.6) is 5.75 Å². The number of carbonyl (C=O) groups excluding carboxylic acids is 1. The molecule has 0 spiro atoms. The van der Waals surface area contributed by atoms with Crippen molar-refractivity contribution in [1.82, 2.24) is 0 Å². The Labute approximate surface area is 115 Å². The molecule has 0 saturated heterocycles. The normalized spacial score (nSPS) is 10.6. The van der Waals surface area contributed by atoms with E-state index in [1.807, 2.05) is 13.8 Å². The van der Waals surface area contributed by atoms with Gasteiger partial charge >= 0.3 is 5.88 Å². The maximum absolute atomic E-state index is 12.1. The van der Waals surface area contributed by atoms with Gasteiger partial charge in [-0.3, -0.25) is 14.9 Å². The van der Waals surface area contributed by atoms with Crippen LogP contribution in [0.1, 0.15) is 30.0 Å². The molecule has 20 heavy (non-hydrogen) atoms. The quantitative estimate of drug-likeness (QED) is 0.475. The molecule has 0 saturated carbocycles. The number of hydrogen-bond donors (Lipinski definition) is 0. The predicted molar refractivity (Wildman–Crippen MR) is 71.0 cm³/mol. The van der Waals surface area contributed by atoms with Gasteiger partial charge in [0.25, 0.3) is 0 Å². The molecule has 1 heterocycles. The Kier molecular flexibility index (Phi) is 3.84. The SMILES string of the molecule is CC(C)Oc1ccc(C(=O)c2ccc([N+](=O)[O-])o2)cc1. The Balaban J connectivity index is 2.18. The number of carbonyl (C=O) groups is 1. The van der Waals surface area contributed by atoms with Gasteiger partial charge < -0.3 is 9.15 Å². The van der Waals surface area contributed by atoms with Crippen molar-refractivity contribution in [3.05, 3.63) is 57.8 Å². The largest absolute Gasteiger partial charge is 0.491 e. The van der Waals surface area contributed by atoms with Crippen LogP contribution in [-0.4, -0.2) is 16.8 Å². The van der Waals surface area contributed by atoms with Crippen LogP contribution in [0.3, 0.4) is 0 Å². The van der Waals surface area contributed by atoms with Gasteiger partial charge in [0.05, 0.1) is 12.2 Å². The first-order valence-corrected chi connectivity index (χ1v) is 6.03. The van der Waals surface area contributed by atoms with Crippen LogP contribution >= 0.6 is 0 Å². The van der Waals surface area contributed by atoms with Crippen LogP contribution in [0.4, 0.5) is 5.88 Å². The highest BCUT2D eigenvalue weighted by Gasteiger charge is 2.18. The van der Waals surface area contributed by atoms with Crippen molar-refractivity contribution in [3.8, 4) is 5.75 Å². The minimum atomic E-state index is -0.684. The summed E-state index contributed by atoms with van der Waals surface area (Å²) in [7, 11) is 0. The molecule has 104 valence electrons. The zero-order chi connectivity index (χ0) is 14.7. The lowest BCUT2D eigenvalue weighted by atomic mass is 10.1. The first-order chi connectivity index (χ1) is 9.47. The molecule has 0 N–H and O–H groups in total. The molecule has 0 aliphatic carbocycles. The summed E-state index contributed by atoms with van der Waals surface area (Å²) in [5.41, 5.74) is 0.380. The fraction of sp³-hybridized carbons (Fsp3) is 0.214. The zero-order valence-corrected chi connectivity index (χ0v) is 11.0. The third kappa shape index (κ3) is 3.03. The summed E-state index contributed by atoms with van der Waals surface area (Å²) in [4.78, 5) is 21.9. The second kappa shape index (κ2) is 5.56. The summed E-state index contributed by atoms with van der Waals surface area (Å²) >= 11 is 0. The maximum Gasteiger partial charge on any atom is 0.433 e. The van der Waals surface area contributed by atoms with Crippen molar-refractivity contribution in [2.24, 2.45) is 0 Å². The van der Waals surface area contributed by atoms with E-state index in [4.69, 9.17) is 9.15 Å². The summed E-state index contributed by atoms with van der Waals surface area (Å²) < 4.78 is 10.3. The van der Waals surface area contributed by atoms with E-state index in [1.165, 1.54) is 6.07 Å². The van der Waals surface area contributed by atoms with Gasteiger partial charge in [-0.25, -0.2) is 0 Å². The molecule has 6 heteroatoms. The lowest BCUT2D eigenvalue weighted by Crippen LogP contribution is -2.06. The number of nitrogens with zero attached hydrogens (tertiary/aromatic N) is 1. The van der Waals surface area contributed by atoms with E-state index in [-0.39, 0.29) is 11.9 Å². The number of nitro groups is 1. The highest BCUT2D eigenvalue weighted by molar-refractivity contribution is 6.07. The number of ketones is 1.